The molecule has 1 aliphatic heterocycles. The van der Waals surface area contributed by atoms with E-state index in [-0.39, 0.29) is 0 Å². The Bertz CT molecular complexity index is 627. The van der Waals surface area contributed by atoms with Crippen LogP contribution in [0.15, 0.2) is 73.2 Å². The Morgan fingerprint density at radius 2 is 1.61 bits per heavy atom. The molecule has 1 fully saturated rings. The molecule has 1 saturated heterocycles. The maximum absolute atomic E-state index is 3.78. The van der Waals surface area contributed by atoms with Gasteiger partial charge in [-0.2, -0.15) is 0 Å². The molecule has 0 amide bonds. The van der Waals surface area contributed by atoms with Gasteiger partial charge in [0.2, 0.25) is 0 Å². The van der Waals surface area contributed by atoms with Crippen LogP contribution in [0.2, 0.25) is 0 Å². The number of aromatic nitrogens is 2. The van der Waals surface area contributed by atoms with Crippen LogP contribution in [0.4, 0.5) is 0 Å². The molecular weight excluding hydrogens is 282 g/mol. The summed E-state index contributed by atoms with van der Waals surface area (Å²) in [5.74, 6) is 0. The lowest BCUT2D eigenvalue weighted by molar-refractivity contribution is 0.331. The zero-order valence-electron chi connectivity index (χ0n) is 13.4. The predicted molar refractivity (Wildman–Crippen MR) is 95.0 cm³/mol. The lowest BCUT2D eigenvalue weighted by atomic mass is 10.1. The third-order valence-corrected chi connectivity index (χ3v) is 4.03. The molecule has 4 rings (SSSR count). The lowest BCUT2D eigenvalue weighted by Crippen LogP contribution is -2.18. The van der Waals surface area contributed by atoms with E-state index in [4.69, 9.17) is 0 Å². The van der Waals surface area contributed by atoms with Gasteiger partial charge in [0.05, 0.1) is 0 Å². The molecule has 0 unspecified atom stereocenters. The van der Waals surface area contributed by atoms with Crippen LogP contribution in [-0.4, -0.2) is 28.0 Å². The van der Waals surface area contributed by atoms with Gasteiger partial charge in [-0.3, -0.25) is 9.88 Å². The summed E-state index contributed by atoms with van der Waals surface area (Å²) in [6, 6.07) is 18.8. The summed E-state index contributed by atoms with van der Waals surface area (Å²) in [7, 11) is 0. The molecule has 3 heteroatoms. The van der Waals surface area contributed by atoms with E-state index >= 15 is 0 Å². The number of pyridine rings is 1. The molecule has 0 bridgehead atoms. The van der Waals surface area contributed by atoms with E-state index in [1.165, 1.54) is 42.8 Å². The van der Waals surface area contributed by atoms with E-state index in [1.807, 2.05) is 30.5 Å². The monoisotopic (exact) mass is 305 g/mol. The normalized spacial score (nSPS) is 14.3. The van der Waals surface area contributed by atoms with Crippen molar-refractivity contribution < 1.29 is 0 Å². The first-order chi connectivity index (χ1) is 11.4. The summed E-state index contributed by atoms with van der Waals surface area (Å²) in [5.41, 5.74) is 3.88. The number of hydrogen-bond acceptors (Lipinski definition) is 2. The topological polar surface area (TPSA) is 31.9 Å². The second-order valence-electron chi connectivity index (χ2n) is 5.79. The lowest BCUT2D eigenvalue weighted by Gasteiger charge is -2.14. The van der Waals surface area contributed by atoms with E-state index in [0.717, 1.165) is 6.54 Å². The van der Waals surface area contributed by atoms with Gasteiger partial charge in [0.1, 0.15) is 0 Å². The molecule has 3 heterocycles. The van der Waals surface area contributed by atoms with E-state index < -0.39 is 0 Å². The number of nitrogens with one attached hydrogen (secondary N) is 1. The summed E-state index contributed by atoms with van der Waals surface area (Å²) < 4.78 is 0. The fraction of sp³-hybridized carbons (Fsp3) is 0.250. The Kier molecular flexibility index (Phi) is 5.59. The highest BCUT2D eigenvalue weighted by Gasteiger charge is 2.11. The van der Waals surface area contributed by atoms with Gasteiger partial charge in [0, 0.05) is 30.8 Å². The Morgan fingerprint density at radius 3 is 2.13 bits per heavy atom. The molecule has 0 spiro atoms. The molecule has 0 radical (unpaired) electrons. The second-order valence-corrected chi connectivity index (χ2v) is 5.79. The third kappa shape index (κ3) is 4.80. The first-order valence-electron chi connectivity index (χ1n) is 8.22. The van der Waals surface area contributed by atoms with Crippen molar-refractivity contribution in [3.63, 3.8) is 0 Å². The van der Waals surface area contributed by atoms with Gasteiger partial charge in [-0.05, 0) is 61.3 Å². The molecule has 0 aliphatic carbocycles. The Balaban J connectivity index is 0.000000220. The van der Waals surface area contributed by atoms with Crippen molar-refractivity contribution in [2.45, 2.75) is 19.4 Å². The van der Waals surface area contributed by atoms with Crippen LogP contribution in [0.25, 0.3) is 11.3 Å². The quantitative estimate of drug-likeness (QED) is 0.779. The molecule has 1 N–H and O–H groups in total. The molecular formula is C20H23N3. The first-order valence-corrected chi connectivity index (χ1v) is 8.22. The maximum Gasteiger partial charge on any atom is 0.0453 e. The number of aromatic amines is 1. The molecule has 2 aromatic heterocycles. The van der Waals surface area contributed by atoms with Crippen molar-refractivity contribution in [2.75, 3.05) is 13.1 Å². The second kappa shape index (κ2) is 8.30. The molecule has 23 heavy (non-hydrogen) atoms. The number of hydrogen-bond donors (Lipinski definition) is 1. The van der Waals surface area contributed by atoms with Gasteiger partial charge in [-0.1, -0.05) is 30.3 Å². The van der Waals surface area contributed by atoms with E-state index in [1.54, 1.807) is 12.4 Å². The van der Waals surface area contributed by atoms with Crippen molar-refractivity contribution in [1.29, 1.82) is 0 Å². The highest BCUT2D eigenvalue weighted by Crippen LogP contribution is 2.19. The Morgan fingerprint density at radius 1 is 0.870 bits per heavy atom. The fourth-order valence-electron chi connectivity index (χ4n) is 2.81. The first kappa shape index (κ1) is 15.5. The molecule has 0 atom stereocenters. The number of rotatable bonds is 3. The van der Waals surface area contributed by atoms with Crippen molar-refractivity contribution >= 4 is 0 Å². The van der Waals surface area contributed by atoms with Gasteiger partial charge in [0.25, 0.3) is 0 Å². The van der Waals surface area contributed by atoms with Crippen LogP contribution in [0.1, 0.15) is 18.4 Å². The van der Waals surface area contributed by atoms with Crippen molar-refractivity contribution in [1.82, 2.24) is 14.9 Å². The van der Waals surface area contributed by atoms with Crippen LogP contribution in [-0.2, 0) is 6.54 Å². The average molecular weight is 305 g/mol. The third-order valence-electron chi connectivity index (χ3n) is 4.03. The maximum atomic E-state index is 3.78. The zero-order valence-corrected chi connectivity index (χ0v) is 13.4. The highest BCUT2D eigenvalue weighted by molar-refractivity contribution is 5.59. The molecule has 0 saturated carbocycles. The van der Waals surface area contributed by atoms with Gasteiger partial charge in [0.15, 0.2) is 0 Å². The Hall–Kier alpha value is -2.39. The van der Waals surface area contributed by atoms with Gasteiger partial charge < -0.3 is 4.98 Å². The van der Waals surface area contributed by atoms with Crippen LogP contribution >= 0.6 is 0 Å². The van der Waals surface area contributed by atoms with Crippen LogP contribution in [0.3, 0.4) is 0 Å². The van der Waals surface area contributed by atoms with Gasteiger partial charge >= 0.3 is 0 Å². The zero-order chi connectivity index (χ0) is 15.7. The SMILES string of the molecule is c1c[nH]c(-c2ccc(CN3CCCC3)cc2)c1.c1ccncc1. The summed E-state index contributed by atoms with van der Waals surface area (Å²) in [6.45, 7) is 3.63. The van der Waals surface area contributed by atoms with Gasteiger partial charge in [-0.25, -0.2) is 0 Å². The number of nitrogens with zero attached hydrogens (tertiary/aromatic N) is 2. The number of H-pyrrole nitrogens is 1. The minimum Gasteiger partial charge on any atom is -0.361 e. The summed E-state index contributed by atoms with van der Waals surface area (Å²) in [4.78, 5) is 9.55. The average Bonchev–Trinajstić information content (AvgIpc) is 3.31. The molecule has 3 nitrogen and oxygen atoms in total. The number of benzene rings is 1. The number of likely N-dealkylation sites (tertiary alicyclic amines) is 1. The summed E-state index contributed by atoms with van der Waals surface area (Å²) in [5, 5.41) is 0. The Labute approximate surface area is 138 Å². The smallest absolute Gasteiger partial charge is 0.0453 e. The predicted octanol–water partition coefficient (Wildman–Crippen LogP) is 4.36. The summed E-state index contributed by atoms with van der Waals surface area (Å²) in [6.07, 6.45) is 8.19. The standard InChI is InChI=1S/C15H18N2.C5H5N/c1-2-11-17(10-1)12-13-5-7-14(8-6-13)15-4-3-9-16-15;1-2-4-6-5-3-1/h3-9,16H,1-2,10-12H2;1-5H. The molecule has 3 aromatic rings. The summed E-state index contributed by atoms with van der Waals surface area (Å²) >= 11 is 0. The molecule has 1 aromatic carbocycles. The van der Waals surface area contributed by atoms with Crippen molar-refractivity contribution in [3.05, 3.63) is 78.8 Å². The molecule has 1 aliphatic rings. The minimum atomic E-state index is 1.10. The van der Waals surface area contributed by atoms with Crippen LogP contribution in [0, 0.1) is 0 Å². The highest BCUT2D eigenvalue weighted by atomic mass is 15.1. The molecule has 118 valence electrons. The van der Waals surface area contributed by atoms with Crippen LogP contribution < -0.4 is 0 Å². The van der Waals surface area contributed by atoms with Crippen molar-refractivity contribution in [2.24, 2.45) is 0 Å². The van der Waals surface area contributed by atoms with E-state index in [9.17, 15) is 0 Å². The van der Waals surface area contributed by atoms with E-state index in [0.29, 0.717) is 0 Å². The fourth-order valence-corrected chi connectivity index (χ4v) is 2.81. The van der Waals surface area contributed by atoms with Crippen molar-refractivity contribution in [3.8, 4) is 11.3 Å². The minimum absolute atomic E-state index is 1.10. The van der Waals surface area contributed by atoms with Crippen LogP contribution in [0.5, 0.6) is 0 Å². The van der Waals surface area contributed by atoms with Gasteiger partial charge in [-0.15, -0.1) is 0 Å². The van der Waals surface area contributed by atoms with E-state index in [2.05, 4.69) is 45.2 Å². The largest absolute Gasteiger partial charge is 0.361 e.